The van der Waals surface area contributed by atoms with Crippen molar-refractivity contribution >= 4 is 34.3 Å². The van der Waals surface area contributed by atoms with Gasteiger partial charge < -0.3 is 19.9 Å². The fourth-order valence-electron chi connectivity index (χ4n) is 4.59. The van der Waals surface area contributed by atoms with E-state index in [1.54, 1.807) is 12.5 Å². The minimum Gasteiger partial charge on any atom is -0.439 e. The Hall–Kier alpha value is -4.73. The minimum atomic E-state index is -0.0363. The van der Waals surface area contributed by atoms with E-state index in [2.05, 4.69) is 31.8 Å². The van der Waals surface area contributed by atoms with Crippen LogP contribution in [-0.4, -0.2) is 55.7 Å². The topological polar surface area (TPSA) is 112 Å². The van der Waals surface area contributed by atoms with Crippen LogP contribution >= 0.6 is 0 Å². The Bertz CT molecular complexity index is 1440. The van der Waals surface area contributed by atoms with Crippen LogP contribution in [0.4, 0.5) is 11.5 Å². The van der Waals surface area contributed by atoms with Crippen LogP contribution in [0.3, 0.4) is 0 Å². The summed E-state index contributed by atoms with van der Waals surface area (Å²) in [5.74, 6) is 2.67. The number of benzene rings is 1. The summed E-state index contributed by atoms with van der Waals surface area (Å²) in [6, 6.07) is 13.3. The number of nitrogens with zero attached hydrogens (tertiary/aromatic N) is 6. The fourth-order valence-corrected chi connectivity index (χ4v) is 4.59. The van der Waals surface area contributed by atoms with E-state index >= 15 is 0 Å². The molecule has 2 aliphatic heterocycles. The highest BCUT2D eigenvalue weighted by atomic mass is 16.5. The molecular weight excluding hydrogens is 456 g/mol. The van der Waals surface area contributed by atoms with Crippen LogP contribution < -0.4 is 15.1 Å². The van der Waals surface area contributed by atoms with Crippen LogP contribution in [0, 0.1) is 0 Å². The van der Waals surface area contributed by atoms with Gasteiger partial charge in [0.25, 0.3) is 0 Å². The number of ether oxygens (including phenoxy) is 1. The summed E-state index contributed by atoms with van der Waals surface area (Å²) in [4.78, 5) is 30.3. The van der Waals surface area contributed by atoms with E-state index in [4.69, 9.17) is 9.84 Å². The second kappa shape index (κ2) is 9.14. The molecule has 1 amide bonds. The molecule has 5 heterocycles. The highest BCUT2D eigenvalue weighted by Gasteiger charge is 2.32. The van der Waals surface area contributed by atoms with E-state index in [1.165, 1.54) is 6.08 Å². The lowest BCUT2D eigenvalue weighted by Gasteiger charge is -2.37. The van der Waals surface area contributed by atoms with Crippen molar-refractivity contribution in [3.05, 3.63) is 79.4 Å². The van der Waals surface area contributed by atoms with Gasteiger partial charge in [-0.25, -0.2) is 20.0 Å². The van der Waals surface area contributed by atoms with Crippen LogP contribution in [0.1, 0.15) is 18.4 Å². The Morgan fingerprint density at radius 3 is 2.69 bits per heavy atom. The lowest BCUT2D eigenvalue weighted by Crippen LogP contribution is -2.46. The van der Waals surface area contributed by atoms with Gasteiger partial charge in [-0.3, -0.25) is 4.79 Å². The van der Waals surface area contributed by atoms with Gasteiger partial charge in [0.2, 0.25) is 11.8 Å². The van der Waals surface area contributed by atoms with E-state index in [9.17, 15) is 4.79 Å². The lowest BCUT2D eigenvalue weighted by atomic mass is 10.0. The maximum atomic E-state index is 12.0. The van der Waals surface area contributed by atoms with Crippen LogP contribution in [0.2, 0.25) is 0 Å². The molecule has 10 heteroatoms. The van der Waals surface area contributed by atoms with Gasteiger partial charge in [0.15, 0.2) is 11.7 Å². The van der Waals surface area contributed by atoms with Gasteiger partial charge >= 0.3 is 0 Å². The molecule has 0 unspecified atom stereocenters. The molecule has 4 aromatic rings. The van der Waals surface area contributed by atoms with E-state index in [1.807, 2.05) is 58.6 Å². The molecule has 1 aromatic carbocycles. The number of hydrogen-bond donors (Lipinski definition) is 2. The zero-order valence-electron chi connectivity index (χ0n) is 19.5. The number of nitrogens with one attached hydrogen (secondary N) is 2. The van der Waals surface area contributed by atoms with Crippen molar-refractivity contribution in [1.29, 1.82) is 0 Å². The number of rotatable bonds is 5. The number of amidine groups is 1. The Labute approximate surface area is 207 Å². The van der Waals surface area contributed by atoms with Gasteiger partial charge in [-0.05, 0) is 49.2 Å². The van der Waals surface area contributed by atoms with Crippen LogP contribution in [0.5, 0.6) is 11.6 Å². The van der Waals surface area contributed by atoms with Crippen molar-refractivity contribution in [3.8, 4) is 11.6 Å². The van der Waals surface area contributed by atoms with Crippen molar-refractivity contribution in [2.75, 3.05) is 23.4 Å². The van der Waals surface area contributed by atoms with Crippen LogP contribution in [0.15, 0.2) is 78.9 Å². The number of likely N-dealkylation sites (tertiary alicyclic amines) is 1. The number of aromatic amines is 1. The molecule has 3 aromatic heterocycles. The predicted octanol–water partition coefficient (Wildman–Crippen LogP) is 3.92. The molecule has 0 atom stereocenters. The average Bonchev–Trinajstić information content (AvgIpc) is 3.37. The van der Waals surface area contributed by atoms with E-state index in [0.29, 0.717) is 30.6 Å². The molecule has 1 saturated heterocycles. The quantitative estimate of drug-likeness (QED) is 0.417. The summed E-state index contributed by atoms with van der Waals surface area (Å²) in [6.07, 6.45) is 8.07. The Balaban J connectivity index is 1.26. The van der Waals surface area contributed by atoms with Gasteiger partial charge in [-0.1, -0.05) is 12.6 Å². The lowest BCUT2D eigenvalue weighted by molar-refractivity contribution is -0.127. The first kappa shape index (κ1) is 21.8. The molecule has 0 radical (unpaired) electrons. The third-order valence-electron chi connectivity index (χ3n) is 6.40. The molecule has 0 spiro atoms. The first-order chi connectivity index (χ1) is 17.7. The molecule has 36 heavy (non-hydrogen) atoms. The highest BCUT2D eigenvalue weighted by molar-refractivity contribution is 6.19. The van der Waals surface area contributed by atoms with Gasteiger partial charge in [-0.15, -0.1) is 0 Å². The van der Waals surface area contributed by atoms with Crippen molar-refractivity contribution < 1.29 is 9.53 Å². The first-order valence-electron chi connectivity index (χ1n) is 11.8. The molecule has 0 saturated carbocycles. The molecule has 180 valence electrons. The molecule has 2 aliphatic rings. The minimum absolute atomic E-state index is 0.0363. The second-order valence-electron chi connectivity index (χ2n) is 8.60. The Morgan fingerprint density at radius 1 is 1.11 bits per heavy atom. The van der Waals surface area contributed by atoms with Gasteiger partial charge in [-0.2, -0.15) is 5.10 Å². The normalized spacial score (nSPS) is 15.5. The van der Waals surface area contributed by atoms with Crippen LogP contribution in [0.25, 0.3) is 11.0 Å². The van der Waals surface area contributed by atoms with Gasteiger partial charge in [0.05, 0.1) is 11.4 Å². The van der Waals surface area contributed by atoms with Crippen molar-refractivity contribution in [3.63, 3.8) is 0 Å². The number of pyridine rings is 1. The summed E-state index contributed by atoms with van der Waals surface area (Å²) < 4.78 is 5.80. The predicted molar refractivity (Wildman–Crippen MR) is 137 cm³/mol. The third-order valence-corrected chi connectivity index (χ3v) is 6.40. The molecule has 10 nitrogen and oxygen atoms in total. The number of amides is 1. The summed E-state index contributed by atoms with van der Waals surface area (Å²) in [6.45, 7) is 4.90. The van der Waals surface area contributed by atoms with E-state index < -0.39 is 0 Å². The number of carbonyl (C=O) groups excluding carboxylic acids is 1. The number of carbonyl (C=O) groups is 1. The number of hydrazone groups is 1. The standard InChI is InChI=1S/C26H24N8O2/c1-2-22(35)33-13-10-18(11-14-33)34-26-23-20(15-28-25(23)29-16-30-26)24(32-34)31-17-6-8-19(9-7-17)36-21-5-3-4-12-27-21/h2-9,12,15-16,18H,1,10-11,13-14H2,(H,31,32)(H,28,29,30). The van der Waals surface area contributed by atoms with Gasteiger partial charge in [0, 0.05) is 42.8 Å². The molecule has 0 aliphatic carbocycles. The van der Waals surface area contributed by atoms with E-state index in [-0.39, 0.29) is 11.9 Å². The summed E-state index contributed by atoms with van der Waals surface area (Å²) in [5.41, 5.74) is 2.53. The maximum absolute atomic E-state index is 12.0. The van der Waals surface area contributed by atoms with Crippen molar-refractivity contribution in [2.24, 2.45) is 5.10 Å². The highest BCUT2D eigenvalue weighted by Crippen LogP contribution is 2.35. The smallest absolute Gasteiger partial charge is 0.245 e. The second-order valence-corrected chi connectivity index (χ2v) is 8.60. The average molecular weight is 481 g/mol. The summed E-state index contributed by atoms with van der Waals surface area (Å²) in [5, 5.41) is 11.3. The SMILES string of the molecule is C=CC(=O)N1CCC(N2N=C(Nc3ccc(Oc4ccccn4)cc3)c3c[nH]c4ncnc2c34)CC1. The zero-order valence-corrected chi connectivity index (χ0v) is 19.5. The Kier molecular flexibility index (Phi) is 5.53. The molecule has 0 bridgehead atoms. The number of H-pyrrole nitrogens is 1. The monoisotopic (exact) mass is 480 g/mol. The number of hydrogen-bond acceptors (Lipinski definition) is 8. The molecule has 2 N–H and O–H groups in total. The van der Waals surface area contributed by atoms with Crippen LogP contribution in [-0.2, 0) is 4.79 Å². The summed E-state index contributed by atoms with van der Waals surface area (Å²) in [7, 11) is 0. The fraction of sp³-hybridized carbons (Fsp3) is 0.192. The number of anilines is 2. The molecule has 1 fully saturated rings. The van der Waals surface area contributed by atoms with Crippen molar-refractivity contribution in [2.45, 2.75) is 18.9 Å². The maximum Gasteiger partial charge on any atom is 0.245 e. The largest absolute Gasteiger partial charge is 0.439 e. The summed E-state index contributed by atoms with van der Waals surface area (Å²) >= 11 is 0. The van der Waals surface area contributed by atoms with Crippen molar-refractivity contribution in [1.82, 2.24) is 24.8 Å². The third kappa shape index (κ3) is 4.02. The van der Waals surface area contributed by atoms with Gasteiger partial charge in [0.1, 0.15) is 17.7 Å². The number of aromatic nitrogens is 4. The molecular formula is C26H24N8O2. The zero-order chi connectivity index (χ0) is 24.5. The first-order valence-corrected chi connectivity index (χ1v) is 11.8. The molecule has 6 rings (SSSR count). The van der Waals surface area contributed by atoms with E-state index in [0.717, 1.165) is 40.9 Å². The Morgan fingerprint density at radius 2 is 1.94 bits per heavy atom. The number of piperidine rings is 1.